The maximum atomic E-state index is 8.80. The lowest BCUT2D eigenvalue weighted by Crippen LogP contribution is -2.10. The zero-order valence-corrected chi connectivity index (χ0v) is 11.3. The van der Waals surface area contributed by atoms with E-state index in [1.54, 1.807) is 11.3 Å². The molecule has 4 heteroatoms. The second-order valence-electron chi connectivity index (χ2n) is 4.36. The molecule has 0 aliphatic heterocycles. The first-order chi connectivity index (χ1) is 8.72. The third kappa shape index (κ3) is 2.96. The number of nitrogens with zero attached hydrogens (tertiary/aromatic N) is 1. The summed E-state index contributed by atoms with van der Waals surface area (Å²) in [5, 5.41) is 8.80. The number of aliphatic hydroxyl groups is 1. The Bertz CT molecular complexity index is 493. The molecular formula is C14H18N2OS. The average molecular weight is 262 g/mol. The van der Waals surface area contributed by atoms with Gasteiger partial charge in [-0.05, 0) is 30.9 Å². The number of aryl methyl sites for hydroxylation is 1. The quantitative estimate of drug-likeness (QED) is 0.871. The molecule has 0 saturated heterocycles. The van der Waals surface area contributed by atoms with Gasteiger partial charge in [0, 0.05) is 12.6 Å². The average Bonchev–Trinajstić information content (AvgIpc) is 2.82. The zero-order chi connectivity index (χ0) is 13.0. The molecule has 0 amide bonds. The maximum absolute atomic E-state index is 8.80. The van der Waals surface area contributed by atoms with Crippen molar-refractivity contribution < 1.29 is 5.11 Å². The summed E-state index contributed by atoms with van der Waals surface area (Å²) >= 11 is 1.66. The number of rotatable bonds is 5. The second kappa shape index (κ2) is 6.09. The van der Waals surface area contributed by atoms with E-state index in [2.05, 4.69) is 29.2 Å². The van der Waals surface area contributed by atoms with Gasteiger partial charge in [0.25, 0.3) is 0 Å². The largest absolute Gasteiger partial charge is 0.396 e. The Morgan fingerprint density at radius 3 is 2.61 bits per heavy atom. The predicted molar refractivity (Wildman–Crippen MR) is 75.5 cm³/mol. The minimum atomic E-state index is 0.00811. The molecule has 0 aliphatic carbocycles. The summed E-state index contributed by atoms with van der Waals surface area (Å²) < 4.78 is 0. The number of thiazole rings is 1. The summed E-state index contributed by atoms with van der Waals surface area (Å²) in [5.41, 5.74) is 11.3. The van der Waals surface area contributed by atoms with Gasteiger partial charge in [-0.3, -0.25) is 0 Å². The van der Waals surface area contributed by atoms with Crippen molar-refractivity contribution in [3.8, 4) is 10.4 Å². The first-order valence-electron chi connectivity index (χ1n) is 6.09. The summed E-state index contributed by atoms with van der Waals surface area (Å²) in [5.74, 6) is 0. The van der Waals surface area contributed by atoms with Gasteiger partial charge >= 0.3 is 0 Å². The molecule has 1 atom stereocenters. The van der Waals surface area contributed by atoms with Gasteiger partial charge in [-0.15, -0.1) is 11.3 Å². The number of hydrogen-bond acceptors (Lipinski definition) is 4. The van der Waals surface area contributed by atoms with Crippen LogP contribution >= 0.6 is 11.3 Å². The molecule has 0 fully saturated rings. The molecule has 18 heavy (non-hydrogen) atoms. The Morgan fingerprint density at radius 2 is 2.06 bits per heavy atom. The number of benzene rings is 1. The van der Waals surface area contributed by atoms with Crippen molar-refractivity contribution in [2.24, 2.45) is 5.73 Å². The van der Waals surface area contributed by atoms with E-state index in [9.17, 15) is 0 Å². The van der Waals surface area contributed by atoms with E-state index in [-0.39, 0.29) is 12.6 Å². The SMILES string of the molecule is Cc1ncsc1-c1ccc([C@@H](N)CCCO)cc1. The van der Waals surface area contributed by atoms with Crippen LogP contribution in [-0.4, -0.2) is 16.7 Å². The van der Waals surface area contributed by atoms with Crippen molar-refractivity contribution in [2.45, 2.75) is 25.8 Å². The Balaban J connectivity index is 2.13. The molecule has 0 bridgehead atoms. The van der Waals surface area contributed by atoms with Crippen molar-refractivity contribution in [3.05, 3.63) is 41.0 Å². The topological polar surface area (TPSA) is 59.1 Å². The number of aliphatic hydroxyl groups excluding tert-OH is 1. The van der Waals surface area contributed by atoms with Crippen LogP contribution in [0.2, 0.25) is 0 Å². The third-order valence-corrected chi connectivity index (χ3v) is 4.00. The molecule has 0 saturated carbocycles. The van der Waals surface area contributed by atoms with Crippen molar-refractivity contribution in [1.82, 2.24) is 4.98 Å². The standard InChI is InChI=1S/C14H18N2OS/c1-10-14(18-9-16-10)12-6-4-11(5-7-12)13(15)3-2-8-17/h4-7,9,13,17H,2-3,8,15H2,1H3/t13-/m0/s1. The molecule has 0 spiro atoms. The van der Waals surface area contributed by atoms with E-state index in [4.69, 9.17) is 10.8 Å². The van der Waals surface area contributed by atoms with Gasteiger partial charge in [-0.2, -0.15) is 0 Å². The Morgan fingerprint density at radius 1 is 1.33 bits per heavy atom. The van der Waals surface area contributed by atoms with Gasteiger partial charge in [0.15, 0.2) is 0 Å². The highest BCUT2D eigenvalue weighted by molar-refractivity contribution is 7.13. The van der Waals surface area contributed by atoms with Crippen LogP contribution in [-0.2, 0) is 0 Å². The van der Waals surface area contributed by atoms with E-state index in [1.165, 1.54) is 10.4 Å². The first kappa shape index (κ1) is 13.2. The van der Waals surface area contributed by atoms with Gasteiger partial charge in [0.1, 0.15) is 0 Å². The fourth-order valence-corrected chi connectivity index (χ4v) is 2.75. The highest BCUT2D eigenvalue weighted by Crippen LogP contribution is 2.28. The van der Waals surface area contributed by atoms with Crippen molar-refractivity contribution >= 4 is 11.3 Å². The van der Waals surface area contributed by atoms with Gasteiger partial charge in [0.05, 0.1) is 16.1 Å². The van der Waals surface area contributed by atoms with E-state index in [1.807, 2.05) is 12.4 Å². The van der Waals surface area contributed by atoms with Crippen LogP contribution in [0.1, 0.15) is 30.1 Å². The highest BCUT2D eigenvalue weighted by atomic mass is 32.1. The van der Waals surface area contributed by atoms with Crippen molar-refractivity contribution in [1.29, 1.82) is 0 Å². The summed E-state index contributed by atoms with van der Waals surface area (Å²) in [4.78, 5) is 5.47. The molecule has 1 heterocycles. The van der Waals surface area contributed by atoms with E-state index in [0.717, 1.165) is 24.1 Å². The van der Waals surface area contributed by atoms with Crippen molar-refractivity contribution in [2.75, 3.05) is 6.61 Å². The van der Waals surface area contributed by atoms with Crippen molar-refractivity contribution in [3.63, 3.8) is 0 Å². The summed E-state index contributed by atoms with van der Waals surface area (Å²) in [6.45, 7) is 2.22. The highest BCUT2D eigenvalue weighted by Gasteiger charge is 2.08. The monoisotopic (exact) mass is 262 g/mol. The van der Waals surface area contributed by atoms with Crippen LogP contribution in [0.3, 0.4) is 0 Å². The molecule has 2 aromatic rings. The molecule has 0 radical (unpaired) electrons. The summed E-state index contributed by atoms with van der Waals surface area (Å²) in [6, 6.07) is 8.32. The van der Waals surface area contributed by atoms with Crippen LogP contribution < -0.4 is 5.73 Å². The Hall–Kier alpha value is -1.23. The fraction of sp³-hybridized carbons (Fsp3) is 0.357. The number of hydrogen-bond donors (Lipinski definition) is 2. The first-order valence-corrected chi connectivity index (χ1v) is 6.97. The Kier molecular flexibility index (Phi) is 4.47. The smallest absolute Gasteiger partial charge is 0.0801 e. The lowest BCUT2D eigenvalue weighted by molar-refractivity contribution is 0.280. The van der Waals surface area contributed by atoms with Crippen LogP contribution in [0.4, 0.5) is 0 Å². The molecule has 3 N–H and O–H groups in total. The van der Waals surface area contributed by atoms with E-state index >= 15 is 0 Å². The lowest BCUT2D eigenvalue weighted by atomic mass is 10.0. The van der Waals surface area contributed by atoms with Crippen LogP contribution in [0.25, 0.3) is 10.4 Å². The molecular weight excluding hydrogens is 244 g/mol. The molecule has 2 rings (SSSR count). The third-order valence-electron chi connectivity index (χ3n) is 3.02. The van der Waals surface area contributed by atoms with Gasteiger partial charge in [0.2, 0.25) is 0 Å². The molecule has 3 nitrogen and oxygen atoms in total. The van der Waals surface area contributed by atoms with Gasteiger partial charge in [-0.1, -0.05) is 24.3 Å². The summed E-state index contributed by atoms with van der Waals surface area (Å²) in [6.07, 6.45) is 1.56. The van der Waals surface area contributed by atoms with Crippen LogP contribution in [0, 0.1) is 6.92 Å². The number of nitrogens with two attached hydrogens (primary N) is 1. The maximum Gasteiger partial charge on any atom is 0.0801 e. The molecule has 96 valence electrons. The molecule has 1 aromatic heterocycles. The fourth-order valence-electron chi connectivity index (χ4n) is 1.94. The molecule has 1 aromatic carbocycles. The second-order valence-corrected chi connectivity index (χ2v) is 5.22. The molecule has 0 aliphatic rings. The van der Waals surface area contributed by atoms with E-state index < -0.39 is 0 Å². The van der Waals surface area contributed by atoms with Crippen LogP contribution in [0.15, 0.2) is 29.8 Å². The van der Waals surface area contributed by atoms with E-state index in [0.29, 0.717) is 0 Å². The Labute approximate surface area is 111 Å². The normalized spacial score (nSPS) is 12.6. The lowest BCUT2D eigenvalue weighted by Gasteiger charge is -2.11. The van der Waals surface area contributed by atoms with Crippen LogP contribution in [0.5, 0.6) is 0 Å². The minimum absolute atomic E-state index is 0.00811. The molecule has 0 unspecified atom stereocenters. The predicted octanol–water partition coefficient (Wildman–Crippen LogP) is 2.89. The van der Waals surface area contributed by atoms with Gasteiger partial charge in [-0.25, -0.2) is 4.98 Å². The zero-order valence-electron chi connectivity index (χ0n) is 10.5. The van der Waals surface area contributed by atoms with Gasteiger partial charge < -0.3 is 10.8 Å². The number of aromatic nitrogens is 1. The summed E-state index contributed by atoms with van der Waals surface area (Å²) in [7, 11) is 0. The minimum Gasteiger partial charge on any atom is -0.396 e.